The molecule has 192 valence electrons. The predicted molar refractivity (Wildman–Crippen MR) is 117 cm³/mol. The van der Waals surface area contributed by atoms with E-state index >= 15 is 4.39 Å². The number of rotatable bonds is 5. The van der Waals surface area contributed by atoms with Crippen molar-refractivity contribution in [2.24, 2.45) is 0 Å². The smallest absolute Gasteiger partial charge is 0.408 e. The highest BCUT2D eigenvalue weighted by molar-refractivity contribution is 5.89. The first-order valence-corrected chi connectivity index (χ1v) is 10.4. The van der Waals surface area contributed by atoms with E-state index in [1.54, 1.807) is 0 Å². The van der Waals surface area contributed by atoms with Crippen molar-refractivity contribution in [2.45, 2.75) is 31.1 Å². The van der Waals surface area contributed by atoms with E-state index < -0.39 is 62.9 Å². The average molecular weight is 520 g/mol. The largest absolute Gasteiger partial charge is 0.479 e. The molecule has 0 spiro atoms. The molecule has 1 N–H and O–H groups in total. The minimum absolute atomic E-state index is 0.0310. The molecule has 5 rings (SSSR count). The number of nitrogens with one attached hydrogen (secondary N) is 1. The molecule has 0 aliphatic carbocycles. The van der Waals surface area contributed by atoms with Gasteiger partial charge in [0.15, 0.2) is 5.82 Å². The number of nitrogens with zero attached hydrogens (tertiary/aromatic N) is 7. The summed E-state index contributed by atoms with van der Waals surface area (Å²) in [5, 5.41) is 13.5. The molecule has 1 aliphatic rings. The lowest BCUT2D eigenvalue weighted by Crippen LogP contribution is -2.53. The molecule has 0 saturated carbocycles. The standard InChI is InChI=1S/C21H20F6N8O/c1-33-6-5-15(20(23,24)9-33)28-19-29-18(36-2)17-16(12(22)8-34(17)31-19)11-3-4-13-14(7-11)35(32-30-13)10-21(25,26)27/h3-4,7-8,15H,5-6,9-10H2,1-2H3,(H,28,31)/t15-/m1/s1/i1D3,2D3. The van der Waals surface area contributed by atoms with Crippen LogP contribution in [0, 0.1) is 5.82 Å². The molecule has 36 heavy (non-hydrogen) atoms. The third-order valence-corrected chi connectivity index (χ3v) is 5.68. The van der Waals surface area contributed by atoms with Gasteiger partial charge in [0, 0.05) is 10.7 Å². The maximum Gasteiger partial charge on any atom is 0.408 e. The summed E-state index contributed by atoms with van der Waals surface area (Å²) >= 11 is 0. The van der Waals surface area contributed by atoms with Gasteiger partial charge in [0.2, 0.25) is 11.8 Å². The number of aromatic nitrogens is 6. The highest BCUT2D eigenvalue weighted by Gasteiger charge is 2.44. The van der Waals surface area contributed by atoms with Gasteiger partial charge in [-0.3, -0.25) is 0 Å². The zero-order valence-electron chi connectivity index (χ0n) is 24.0. The highest BCUT2D eigenvalue weighted by atomic mass is 19.4. The number of benzene rings is 1. The van der Waals surface area contributed by atoms with E-state index in [0.717, 1.165) is 16.8 Å². The van der Waals surface area contributed by atoms with E-state index in [-0.39, 0.29) is 40.6 Å². The lowest BCUT2D eigenvalue weighted by Gasteiger charge is -2.36. The van der Waals surface area contributed by atoms with Gasteiger partial charge in [-0.15, -0.1) is 10.2 Å². The first kappa shape index (κ1) is 17.8. The van der Waals surface area contributed by atoms with Crippen molar-refractivity contribution < 1.29 is 39.3 Å². The Balaban J connectivity index is 1.57. The number of piperidine rings is 1. The molecule has 9 nitrogen and oxygen atoms in total. The van der Waals surface area contributed by atoms with Crippen LogP contribution in [0.5, 0.6) is 5.88 Å². The number of methoxy groups -OCH3 is 1. The monoisotopic (exact) mass is 520 g/mol. The summed E-state index contributed by atoms with van der Waals surface area (Å²) in [4.78, 5) is 4.54. The summed E-state index contributed by atoms with van der Waals surface area (Å²) in [7, 11) is -3.14. The Hall–Kier alpha value is -3.62. The van der Waals surface area contributed by atoms with Crippen LogP contribution >= 0.6 is 0 Å². The van der Waals surface area contributed by atoms with E-state index in [2.05, 4.69) is 25.7 Å². The second-order valence-corrected chi connectivity index (χ2v) is 8.22. The summed E-state index contributed by atoms with van der Waals surface area (Å²) in [5.41, 5.74) is -0.770. The minimum atomic E-state index is -4.64. The lowest BCUT2D eigenvalue weighted by molar-refractivity contribution is -0.142. The summed E-state index contributed by atoms with van der Waals surface area (Å²) in [6.07, 6.45) is -4.20. The molecule has 3 aromatic heterocycles. The molecule has 0 unspecified atom stereocenters. The number of likely N-dealkylation sites (tertiary alicyclic amines) is 1. The van der Waals surface area contributed by atoms with E-state index in [1.165, 1.54) is 12.1 Å². The molecular weight excluding hydrogens is 494 g/mol. The fourth-order valence-electron chi connectivity index (χ4n) is 4.11. The van der Waals surface area contributed by atoms with E-state index in [1.807, 2.05) is 0 Å². The topological polar surface area (TPSA) is 85.4 Å². The van der Waals surface area contributed by atoms with Gasteiger partial charge in [0.05, 0.1) is 41.0 Å². The van der Waals surface area contributed by atoms with Gasteiger partial charge in [0.25, 0.3) is 5.92 Å². The maximum atomic E-state index is 15.4. The molecule has 1 fully saturated rings. The molecule has 0 radical (unpaired) electrons. The van der Waals surface area contributed by atoms with Crippen molar-refractivity contribution in [2.75, 3.05) is 32.4 Å². The number of alkyl halides is 5. The fraction of sp³-hybridized carbons (Fsp3) is 0.429. The number of halogens is 6. The quantitative estimate of drug-likeness (QED) is 0.403. The van der Waals surface area contributed by atoms with Crippen LogP contribution in [0.25, 0.3) is 27.7 Å². The molecular formula is C21H20F6N8O. The van der Waals surface area contributed by atoms with E-state index in [9.17, 15) is 22.0 Å². The molecule has 0 bridgehead atoms. The summed E-state index contributed by atoms with van der Waals surface area (Å²) in [6.45, 7) is -5.55. The van der Waals surface area contributed by atoms with E-state index in [4.69, 9.17) is 13.0 Å². The van der Waals surface area contributed by atoms with Crippen molar-refractivity contribution in [3.63, 3.8) is 0 Å². The van der Waals surface area contributed by atoms with Gasteiger partial charge in [-0.1, -0.05) is 11.3 Å². The normalized spacial score (nSPS) is 21.9. The molecule has 1 aliphatic heterocycles. The number of fused-ring (bicyclic) bond motifs is 2. The molecule has 4 heterocycles. The number of hydrogen-bond donors (Lipinski definition) is 1. The number of ether oxygens (including phenoxy) is 1. The van der Waals surface area contributed by atoms with Gasteiger partial charge in [-0.05, 0) is 31.1 Å². The van der Waals surface area contributed by atoms with Crippen LogP contribution in [0.4, 0.5) is 32.3 Å². The van der Waals surface area contributed by atoms with Crippen LogP contribution in [0.2, 0.25) is 0 Å². The molecule has 15 heteroatoms. The Kier molecular flexibility index (Phi) is 4.19. The van der Waals surface area contributed by atoms with Gasteiger partial charge < -0.3 is 15.0 Å². The second-order valence-electron chi connectivity index (χ2n) is 8.22. The lowest BCUT2D eigenvalue weighted by atomic mass is 10.0. The minimum Gasteiger partial charge on any atom is -0.479 e. The van der Waals surface area contributed by atoms with Crippen LogP contribution < -0.4 is 10.1 Å². The highest BCUT2D eigenvalue weighted by Crippen LogP contribution is 2.36. The third-order valence-electron chi connectivity index (χ3n) is 5.68. The van der Waals surface area contributed by atoms with Crippen molar-refractivity contribution in [3.05, 3.63) is 30.2 Å². The van der Waals surface area contributed by atoms with Crippen molar-refractivity contribution in [1.82, 2.24) is 34.5 Å². The molecule has 1 atom stereocenters. The van der Waals surface area contributed by atoms with Crippen LogP contribution in [-0.2, 0) is 6.54 Å². The van der Waals surface area contributed by atoms with Gasteiger partial charge in [-0.25, -0.2) is 22.4 Å². The molecule has 4 aromatic rings. The fourth-order valence-corrected chi connectivity index (χ4v) is 4.11. The zero-order valence-corrected chi connectivity index (χ0v) is 18.0. The SMILES string of the molecule is [2H]C([2H])([2H])Oc1nc(N[C@@H]2CCN(C([2H])([2H])[2H])CC2(F)F)nn2cc(F)c(-c3ccc4nnn(CC(F)(F)F)c4c3)c12. The second kappa shape index (κ2) is 8.50. The molecule has 0 amide bonds. The Morgan fingerprint density at radius 1 is 1.31 bits per heavy atom. The van der Waals surface area contributed by atoms with Crippen LogP contribution in [0.1, 0.15) is 14.6 Å². The van der Waals surface area contributed by atoms with Crippen LogP contribution in [-0.4, -0.2) is 79.7 Å². The number of hydrogen-bond acceptors (Lipinski definition) is 7. The number of anilines is 1. The molecule has 1 aromatic carbocycles. The molecule has 1 saturated heterocycles. The van der Waals surface area contributed by atoms with Crippen molar-refractivity contribution in [1.29, 1.82) is 0 Å². The van der Waals surface area contributed by atoms with Crippen LogP contribution in [0.3, 0.4) is 0 Å². The Morgan fingerprint density at radius 2 is 2.14 bits per heavy atom. The first-order chi connectivity index (χ1) is 19.3. The van der Waals surface area contributed by atoms with Crippen molar-refractivity contribution in [3.8, 4) is 17.0 Å². The zero-order chi connectivity index (χ0) is 30.8. The Labute approximate surface area is 208 Å². The van der Waals surface area contributed by atoms with Crippen LogP contribution in [0.15, 0.2) is 24.4 Å². The van der Waals surface area contributed by atoms with Gasteiger partial charge in [0.1, 0.15) is 17.6 Å². The van der Waals surface area contributed by atoms with E-state index in [0.29, 0.717) is 9.58 Å². The summed E-state index contributed by atoms with van der Waals surface area (Å²) < 4.78 is 135. The third kappa shape index (κ3) is 4.38. The summed E-state index contributed by atoms with van der Waals surface area (Å²) in [6, 6.07) is 2.07. The summed E-state index contributed by atoms with van der Waals surface area (Å²) in [5.74, 6) is -5.90. The van der Waals surface area contributed by atoms with Gasteiger partial charge in [-0.2, -0.15) is 18.2 Å². The maximum absolute atomic E-state index is 15.4. The Bertz CT molecular complexity index is 1640. The van der Waals surface area contributed by atoms with Crippen molar-refractivity contribution >= 4 is 22.5 Å². The Morgan fingerprint density at radius 3 is 2.86 bits per heavy atom. The first-order valence-electron chi connectivity index (χ1n) is 13.4. The predicted octanol–water partition coefficient (Wildman–Crippen LogP) is 3.60. The average Bonchev–Trinajstić information content (AvgIpc) is 3.37. The van der Waals surface area contributed by atoms with Gasteiger partial charge >= 0.3 is 6.18 Å².